The molecular formula is C22H21F2N. The third kappa shape index (κ3) is 4.66. The smallest absolute Gasteiger partial charge is 0.149 e. The predicted molar refractivity (Wildman–Crippen MR) is 99.3 cm³/mol. The number of rotatable bonds is 6. The topological polar surface area (TPSA) is 12.0 Å². The van der Waals surface area contributed by atoms with Crippen LogP contribution in [0.1, 0.15) is 23.1 Å². The van der Waals surface area contributed by atoms with Crippen molar-refractivity contribution in [3.05, 3.63) is 95.1 Å². The Morgan fingerprint density at radius 2 is 1.56 bits per heavy atom. The monoisotopic (exact) mass is 337 g/mol. The Labute approximate surface area is 147 Å². The number of halogens is 2. The van der Waals surface area contributed by atoms with Gasteiger partial charge in [-0.1, -0.05) is 48.0 Å². The standard InChI is InChI=1S/C22H21F2N/c1-16-10-12-21(25-22-13-11-19(23)15-20(22)24)18(14-16)9-5-8-17-6-3-2-4-7-17/h2-4,6-7,10-15,25H,5,8-9H2,1H3. The highest BCUT2D eigenvalue weighted by Gasteiger charge is 2.08. The molecule has 0 aromatic heterocycles. The molecule has 3 aromatic carbocycles. The fourth-order valence-corrected chi connectivity index (χ4v) is 2.91. The summed E-state index contributed by atoms with van der Waals surface area (Å²) in [5.41, 5.74) is 4.77. The number of hydrogen-bond donors (Lipinski definition) is 1. The van der Waals surface area contributed by atoms with Crippen LogP contribution in [0.2, 0.25) is 0 Å². The predicted octanol–water partition coefficient (Wildman–Crippen LogP) is 6.19. The summed E-state index contributed by atoms with van der Waals surface area (Å²) in [7, 11) is 0. The molecule has 3 heteroatoms. The second-order valence-electron chi connectivity index (χ2n) is 6.25. The molecule has 3 aromatic rings. The fourth-order valence-electron chi connectivity index (χ4n) is 2.91. The summed E-state index contributed by atoms with van der Waals surface area (Å²) in [4.78, 5) is 0. The molecule has 1 N–H and O–H groups in total. The summed E-state index contributed by atoms with van der Waals surface area (Å²) in [6.45, 7) is 2.04. The molecule has 25 heavy (non-hydrogen) atoms. The molecule has 0 saturated carbocycles. The molecule has 0 bridgehead atoms. The van der Waals surface area contributed by atoms with Crippen LogP contribution in [-0.2, 0) is 12.8 Å². The van der Waals surface area contributed by atoms with Gasteiger partial charge in [-0.2, -0.15) is 0 Å². The number of aryl methyl sites for hydroxylation is 3. The first-order valence-corrected chi connectivity index (χ1v) is 8.47. The molecular weight excluding hydrogens is 316 g/mol. The summed E-state index contributed by atoms with van der Waals surface area (Å²) in [6, 6.07) is 20.0. The minimum Gasteiger partial charge on any atom is -0.353 e. The first-order chi connectivity index (χ1) is 12.1. The molecule has 0 aliphatic heterocycles. The van der Waals surface area contributed by atoms with E-state index in [0.29, 0.717) is 0 Å². The van der Waals surface area contributed by atoms with Gasteiger partial charge in [0.1, 0.15) is 11.6 Å². The highest BCUT2D eigenvalue weighted by molar-refractivity contribution is 5.64. The molecule has 0 aliphatic rings. The van der Waals surface area contributed by atoms with Crippen LogP contribution in [0.4, 0.5) is 20.2 Å². The Morgan fingerprint density at radius 3 is 2.32 bits per heavy atom. The number of hydrogen-bond acceptors (Lipinski definition) is 1. The molecule has 1 nitrogen and oxygen atoms in total. The van der Waals surface area contributed by atoms with Crippen molar-refractivity contribution >= 4 is 11.4 Å². The Hall–Kier alpha value is -2.68. The van der Waals surface area contributed by atoms with Gasteiger partial charge in [0.05, 0.1) is 5.69 Å². The van der Waals surface area contributed by atoms with Gasteiger partial charge in [0.15, 0.2) is 0 Å². The Bertz CT molecular complexity index is 844. The first-order valence-electron chi connectivity index (χ1n) is 8.47. The van der Waals surface area contributed by atoms with Crippen LogP contribution in [0.5, 0.6) is 0 Å². The lowest BCUT2D eigenvalue weighted by Gasteiger charge is -2.14. The lowest BCUT2D eigenvalue weighted by molar-refractivity contribution is 0.586. The van der Waals surface area contributed by atoms with Gasteiger partial charge in [-0.15, -0.1) is 0 Å². The maximum atomic E-state index is 13.9. The fraction of sp³-hybridized carbons (Fsp3) is 0.182. The maximum absolute atomic E-state index is 13.9. The molecule has 128 valence electrons. The number of anilines is 2. The second-order valence-corrected chi connectivity index (χ2v) is 6.25. The van der Waals surface area contributed by atoms with E-state index in [9.17, 15) is 8.78 Å². The largest absolute Gasteiger partial charge is 0.353 e. The normalized spacial score (nSPS) is 10.7. The van der Waals surface area contributed by atoms with Gasteiger partial charge in [0, 0.05) is 11.8 Å². The molecule has 0 atom stereocenters. The van der Waals surface area contributed by atoms with Gasteiger partial charge >= 0.3 is 0 Å². The van der Waals surface area contributed by atoms with Crippen molar-refractivity contribution in [2.75, 3.05) is 5.32 Å². The first kappa shape index (κ1) is 17.2. The van der Waals surface area contributed by atoms with Crippen molar-refractivity contribution < 1.29 is 8.78 Å². The summed E-state index contributed by atoms with van der Waals surface area (Å²) in [6.07, 6.45) is 2.90. The van der Waals surface area contributed by atoms with E-state index >= 15 is 0 Å². The van der Waals surface area contributed by atoms with Crippen molar-refractivity contribution in [2.45, 2.75) is 26.2 Å². The van der Waals surface area contributed by atoms with Crippen LogP contribution in [0, 0.1) is 18.6 Å². The van der Waals surface area contributed by atoms with E-state index < -0.39 is 11.6 Å². The average molecular weight is 337 g/mol. The van der Waals surface area contributed by atoms with E-state index in [0.717, 1.165) is 36.6 Å². The number of nitrogens with one attached hydrogen (secondary N) is 1. The van der Waals surface area contributed by atoms with Crippen LogP contribution in [0.25, 0.3) is 0 Å². The summed E-state index contributed by atoms with van der Waals surface area (Å²) >= 11 is 0. The van der Waals surface area contributed by atoms with Crippen molar-refractivity contribution in [1.82, 2.24) is 0 Å². The van der Waals surface area contributed by atoms with E-state index in [1.165, 1.54) is 23.3 Å². The molecule has 0 heterocycles. The molecule has 0 saturated heterocycles. The zero-order chi connectivity index (χ0) is 17.6. The third-order valence-electron chi connectivity index (χ3n) is 4.22. The van der Waals surface area contributed by atoms with Crippen LogP contribution >= 0.6 is 0 Å². The molecule has 0 fully saturated rings. The Balaban J connectivity index is 1.73. The van der Waals surface area contributed by atoms with Crippen LogP contribution in [0.15, 0.2) is 66.7 Å². The Morgan fingerprint density at radius 1 is 0.800 bits per heavy atom. The van der Waals surface area contributed by atoms with E-state index in [1.807, 2.05) is 37.3 Å². The van der Waals surface area contributed by atoms with E-state index in [-0.39, 0.29) is 5.69 Å². The van der Waals surface area contributed by atoms with Crippen LogP contribution in [-0.4, -0.2) is 0 Å². The second kappa shape index (κ2) is 7.93. The number of benzene rings is 3. The minimum atomic E-state index is -0.587. The third-order valence-corrected chi connectivity index (χ3v) is 4.22. The van der Waals surface area contributed by atoms with Gasteiger partial charge in [-0.25, -0.2) is 8.78 Å². The van der Waals surface area contributed by atoms with Crippen molar-refractivity contribution in [1.29, 1.82) is 0 Å². The lowest BCUT2D eigenvalue weighted by atomic mass is 10.0. The van der Waals surface area contributed by atoms with Gasteiger partial charge < -0.3 is 5.32 Å². The van der Waals surface area contributed by atoms with Gasteiger partial charge in [0.2, 0.25) is 0 Å². The van der Waals surface area contributed by atoms with Gasteiger partial charge in [-0.3, -0.25) is 0 Å². The molecule has 0 aliphatic carbocycles. The zero-order valence-electron chi connectivity index (χ0n) is 14.2. The Kier molecular flexibility index (Phi) is 5.44. The van der Waals surface area contributed by atoms with Gasteiger partial charge in [-0.05, 0) is 55.5 Å². The van der Waals surface area contributed by atoms with Gasteiger partial charge in [0.25, 0.3) is 0 Å². The van der Waals surface area contributed by atoms with Crippen molar-refractivity contribution in [3.8, 4) is 0 Å². The highest BCUT2D eigenvalue weighted by atomic mass is 19.1. The maximum Gasteiger partial charge on any atom is 0.149 e. The average Bonchev–Trinajstić information content (AvgIpc) is 2.60. The van der Waals surface area contributed by atoms with Crippen LogP contribution in [0.3, 0.4) is 0 Å². The molecule has 0 radical (unpaired) electrons. The highest BCUT2D eigenvalue weighted by Crippen LogP contribution is 2.26. The van der Waals surface area contributed by atoms with E-state index in [1.54, 1.807) is 0 Å². The minimum absolute atomic E-state index is 0.287. The lowest BCUT2D eigenvalue weighted by Crippen LogP contribution is -2.00. The summed E-state index contributed by atoms with van der Waals surface area (Å²) in [5, 5.41) is 3.10. The van der Waals surface area contributed by atoms with E-state index in [2.05, 4.69) is 23.5 Å². The summed E-state index contributed by atoms with van der Waals surface area (Å²) < 4.78 is 27.0. The van der Waals surface area contributed by atoms with Crippen LogP contribution < -0.4 is 5.32 Å². The quantitative estimate of drug-likeness (QED) is 0.565. The summed E-state index contributed by atoms with van der Waals surface area (Å²) in [5.74, 6) is -1.16. The molecule has 0 unspecified atom stereocenters. The molecule has 3 rings (SSSR count). The molecule has 0 spiro atoms. The van der Waals surface area contributed by atoms with Crippen molar-refractivity contribution in [3.63, 3.8) is 0 Å². The molecule has 0 amide bonds. The zero-order valence-corrected chi connectivity index (χ0v) is 14.2. The SMILES string of the molecule is Cc1ccc(Nc2ccc(F)cc2F)c(CCCc2ccccc2)c1. The van der Waals surface area contributed by atoms with Crippen molar-refractivity contribution in [2.24, 2.45) is 0 Å². The van der Waals surface area contributed by atoms with E-state index in [4.69, 9.17) is 0 Å².